The van der Waals surface area contributed by atoms with E-state index in [0.29, 0.717) is 29.5 Å². The summed E-state index contributed by atoms with van der Waals surface area (Å²) < 4.78 is 7.12. The maximum Gasteiger partial charge on any atom is 0.155 e. The van der Waals surface area contributed by atoms with E-state index in [-0.39, 0.29) is 6.10 Å². The van der Waals surface area contributed by atoms with Crippen LogP contribution in [0.2, 0.25) is 0 Å². The highest BCUT2D eigenvalue weighted by atomic mass is 16.5. The molecule has 0 spiro atoms. The van der Waals surface area contributed by atoms with Crippen molar-refractivity contribution in [2.45, 2.75) is 25.9 Å². The minimum atomic E-state index is -0.141. The summed E-state index contributed by atoms with van der Waals surface area (Å²) in [5.74, 6) is 0.930. The van der Waals surface area contributed by atoms with E-state index in [1.165, 1.54) is 4.68 Å². The SMILES string of the molecule is Cc1ccnc(-n2nc([C@@H]3CCCO3)c(C#N)c2N)c1. The molecule has 3 rings (SSSR count). The number of aromatic nitrogens is 3. The first kappa shape index (κ1) is 12.6. The number of nitrogen functional groups attached to an aromatic ring is 1. The Bertz CT molecular complexity index is 679. The van der Waals surface area contributed by atoms with Crippen LogP contribution in [0.3, 0.4) is 0 Å². The quantitative estimate of drug-likeness (QED) is 0.899. The van der Waals surface area contributed by atoms with E-state index in [9.17, 15) is 5.26 Å². The molecule has 0 unspecified atom stereocenters. The fraction of sp³-hybridized carbons (Fsp3) is 0.357. The van der Waals surface area contributed by atoms with Gasteiger partial charge in [-0.1, -0.05) is 0 Å². The van der Waals surface area contributed by atoms with Crippen molar-refractivity contribution >= 4 is 5.82 Å². The van der Waals surface area contributed by atoms with E-state index >= 15 is 0 Å². The third kappa shape index (κ3) is 2.02. The second-order valence-corrected chi connectivity index (χ2v) is 4.86. The Morgan fingerprint density at radius 1 is 1.55 bits per heavy atom. The molecule has 2 aromatic rings. The van der Waals surface area contributed by atoms with Gasteiger partial charge in [-0.2, -0.15) is 15.0 Å². The van der Waals surface area contributed by atoms with Crippen molar-refractivity contribution in [1.82, 2.24) is 14.8 Å². The maximum absolute atomic E-state index is 9.32. The summed E-state index contributed by atoms with van der Waals surface area (Å²) >= 11 is 0. The van der Waals surface area contributed by atoms with Crippen LogP contribution in [0.15, 0.2) is 18.3 Å². The van der Waals surface area contributed by atoms with Gasteiger partial charge in [0.05, 0.1) is 0 Å². The highest BCUT2D eigenvalue weighted by molar-refractivity contribution is 5.56. The molecule has 1 aliphatic rings. The Kier molecular flexibility index (Phi) is 3.12. The molecule has 0 aromatic carbocycles. The zero-order valence-corrected chi connectivity index (χ0v) is 11.2. The minimum absolute atomic E-state index is 0.141. The van der Waals surface area contributed by atoms with Gasteiger partial charge in [0, 0.05) is 12.8 Å². The van der Waals surface area contributed by atoms with E-state index in [4.69, 9.17) is 10.5 Å². The average molecular weight is 269 g/mol. The lowest BCUT2D eigenvalue weighted by molar-refractivity contribution is 0.108. The third-order valence-electron chi connectivity index (χ3n) is 3.41. The third-order valence-corrected chi connectivity index (χ3v) is 3.41. The van der Waals surface area contributed by atoms with Gasteiger partial charge < -0.3 is 10.5 Å². The summed E-state index contributed by atoms with van der Waals surface area (Å²) in [6.07, 6.45) is 3.40. The molecule has 1 aliphatic heterocycles. The topological polar surface area (TPSA) is 89.8 Å². The lowest BCUT2D eigenvalue weighted by atomic mass is 10.1. The molecule has 2 N–H and O–H groups in total. The maximum atomic E-state index is 9.32. The highest BCUT2D eigenvalue weighted by Gasteiger charge is 2.27. The smallest absolute Gasteiger partial charge is 0.155 e. The fourth-order valence-electron chi connectivity index (χ4n) is 2.39. The molecule has 1 saturated heterocycles. The van der Waals surface area contributed by atoms with Crippen molar-refractivity contribution in [3.05, 3.63) is 35.2 Å². The van der Waals surface area contributed by atoms with Crippen molar-refractivity contribution in [1.29, 1.82) is 5.26 Å². The zero-order valence-electron chi connectivity index (χ0n) is 11.2. The van der Waals surface area contributed by atoms with Crippen molar-refractivity contribution in [3.63, 3.8) is 0 Å². The molecule has 6 heteroatoms. The molecule has 6 nitrogen and oxygen atoms in total. The van der Waals surface area contributed by atoms with Crippen LogP contribution in [0.4, 0.5) is 5.82 Å². The summed E-state index contributed by atoms with van der Waals surface area (Å²) in [7, 11) is 0. The number of ether oxygens (including phenoxy) is 1. The summed E-state index contributed by atoms with van der Waals surface area (Å²) in [4.78, 5) is 4.26. The number of rotatable bonds is 2. The van der Waals surface area contributed by atoms with Crippen LogP contribution in [-0.2, 0) is 4.74 Å². The molecule has 0 aliphatic carbocycles. The second kappa shape index (κ2) is 4.94. The number of hydrogen-bond donors (Lipinski definition) is 1. The Morgan fingerprint density at radius 2 is 2.40 bits per heavy atom. The number of nitrogens with two attached hydrogens (primary N) is 1. The van der Waals surface area contributed by atoms with Crippen LogP contribution < -0.4 is 5.73 Å². The molecule has 3 heterocycles. The predicted octanol–water partition coefficient (Wildman–Crippen LogP) is 1.88. The lowest BCUT2D eigenvalue weighted by Gasteiger charge is -2.05. The van der Waals surface area contributed by atoms with Crippen LogP contribution in [-0.4, -0.2) is 21.4 Å². The number of aryl methyl sites for hydroxylation is 1. The lowest BCUT2D eigenvalue weighted by Crippen LogP contribution is -2.05. The predicted molar refractivity (Wildman–Crippen MR) is 73.2 cm³/mol. The largest absolute Gasteiger partial charge is 0.382 e. The Balaban J connectivity index is 2.11. The number of anilines is 1. The number of nitriles is 1. The molecule has 0 radical (unpaired) electrons. The molecular weight excluding hydrogens is 254 g/mol. The van der Waals surface area contributed by atoms with Crippen molar-refractivity contribution in [2.75, 3.05) is 12.3 Å². The van der Waals surface area contributed by atoms with E-state index in [0.717, 1.165) is 18.4 Å². The number of pyridine rings is 1. The standard InChI is InChI=1S/C14H15N5O/c1-9-4-5-17-12(7-9)19-14(16)10(8-15)13(18-19)11-3-2-6-20-11/h4-5,7,11H,2-3,6,16H2,1H3/t11-/m0/s1. The minimum Gasteiger partial charge on any atom is -0.382 e. The molecule has 2 aromatic heterocycles. The van der Waals surface area contributed by atoms with Gasteiger partial charge in [0.2, 0.25) is 0 Å². The van der Waals surface area contributed by atoms with Gasteiger partial charge in [-0.05, 0) is 37.5 Å². The van der Waals surface area contributed by atoms with Crippen LogP contribution >= 0.6 is 0 Å². The van der Waals surface area contributed by atoms with Crippen LogP contribution in [0, 0.1) is 18.3 Å². The van der Waals surface area contributed by atoms with E-state index < -0.39 is 0 Å². The molecule has 1 fully saturated rings. The van der Waals surface area contributed by atoms with E-state index in [1.54, 1.807) is 6.20 Å². The Hall–Kier alpha value is -2.39. The van der Waals surface area contributed by atoms with Gasteiger partial charge in [-0.25, -0.2) is 4.98 Å². The van der Waals surface area contributed by atoms with Gasteiger partial charge in [0.1, 0.15) is 29.2 Å². The molecule has 0 amide bonds. The monoisotopic (exact) mass is 269 g/mol. The second-order valence-electron chi connectivity index (χ2n) is 4.86. The highest BCUT2D eigenvalue weighted by Crippen LogP contribution is 2.32. The molecule has 0 bridgehead atoms. The van der Waals surface area contributed by atoms with Gasteiger partial charge in [0.15, 0.2) is 5.82 Å². The molecular formula is C14H15N5O. The number of nitrogens with zero attached hydrogens (tertiary/aromatic N) is 4. The summed E-state index contributed by atoms with van der Waals surface area (Å²) in [6, 6.07) is 5.91. The number of hydrogen-bond acceptors (Lipinski definition) is 5. The Morgan fingerprint density at radius 3 is 3.05 bits per heavy atom. The van der Waals surface area contributed by atoms with Gasteiger partial charge in [-0.3, -0.25) is 0 Å². The Labute approximate surface area is 116 Å². The molecule has 20 heavy (non-hydrogen) atoms. The summed E-state index contributed by atoms with van der Waals surface area (Å²) in [5, 5.41) is 13.8. The van der Waals surface area contributed by atoms with Crippen LogP contribution in [0.25, 0.3) is 5.82 Å². The van der Waals surface area contributed by atoms with Gasteiger partial charge in [0.25, 0.3) is 0 Å². The van der Waals surface area contributed by atoms with E-state index in [1.807, 2.05) is 19.1 Å². The van der Waals surface area contributed by atoms with Crippen LogP contribution in [0.1, 0.15) is 35.8 Å². The van der Waals surface area contributed by atoms with Crippen molar-refractivity contribution in [3.8, 4) is 11.9 Å². The first-order chi connectivity index (χ1) is 9.70. The van der Waals surface area contributed by atoms with Crippen molar-refractivity contribution < 1.29 is 4.74 Å². The molecule has 1 atom stereocenters. The molecule has 102 valence electrons. The first-order valence-corrected chi connectivity index (χ1v) is 6.54. The van der Waals surface area contributed by atoms with Crippen molar-refractivity contribution in [2.24, 2.45) is 0 Å². The first-order valence-electron chi connectivity index (χ1n) is 6.54. The zero-order chi connectivity index (χ0) is 14.1. The fourth-order valence-corrected chi connectivity index (χ4v) is 2.39. The molecule has 0 saturated carbocycles. The van der Waals surface area contributed by atoms with Gasteiger partial charge >= 0.3 is 0 Å². The normalized spacial score (nSPS) is 18.1. The van der Waals surface area contributed by atoms with Gasteiger partial charge in [-0.15, -0.1) is 0 Å². The summed E-state index contributed by atoms with van der Waals surface area (Å²) in [6.45, 7) is 2.67. The van der Waals surface area contributed by atoms with Crippen LogP contribution in [0.5, 0.6) is 0 Å². The van der Waals surface area contributed by atoms with E-state index in [2.05, 4.69) is 16.2 Å². The summed E-state index contributed by atoms with van der Waals surface area (Å²) in [5.41, 5.74) is 8.11. The average Bonchev–Trinajstić information content (AvgIpc) is 3.05.